The highest BCUT2D eigenvalue weighted by Gasteiger charge is 2.44. The van der Waals surface area contributed by atoms with Crippen LogP contribution in [0, 0.1) is 0 Å². The van der Waals surface area contributed by atoms with Gasteiger partial charge in [-0.1, -0.05) is 358 Å². The summed E-state index contributed by atoms with van der Waals surface area (Å²) >= 11 is 3.59. The monoisotopic (exact) mass is 1700 g/mol. The molecule has 4 unspecified atom stereocenters. The molecule has 28 rings (SSSR count). The Kier molecular flexibility index (Phi) is 18.6. The zero-order valence-corrected chi connectivity index (χ0v) is 71.4. The van der Waals surface area contributed by atoms with Crippen molar-refractivity contribution in [3.63, 3.8) is 0 Å². The summed E-state index contributed by atoms with van der Waals surface area (Å²) in [6.07, 6.45) is 0. The topological polar surface area (TPSA) is 155 Å². The van der Waals surface area contributed by atoms with Gasteiger partial charge in [-0.2, -0.15) is 0 Å². The fourth-order valence-electron chi connectivity index (χ4n) is 19.5. The quantitative estimate of drug-likeness (QED) is 0.102. The number of aromatic nitrogens is 12. The van der Waals surface area contributed by atoms with E-state index in [0.717, 1.165) is 77.9 Å². The summed E-state index contributed by atoms with van der Waals surface area (Å²) in [7, 11) is 0. The standard InChI is InChI=1S/2C58H36N6S/c1-4-16-35(17-5-1)53-59-54(36-18-6-2-7-19-36)61-56(60-53)39-28-30-44-47(32-39)51-42-24-12-13-25-43(42)52(44)48-33-40(29-31-45(48)51)57-62-55(37-20-8-3-9-21-37)63-58(64-57)46-26-14-11-23-41(46)50-34-38-22-10-15-27-49(38)65-50;1-4-15-35(16-5-1)53-59-54(36-17-6-2-7-18-36)62-57(61-53)41-27-29-45-47(32-41)51-43-24-11-12-25-44(43)52(45)48-33-42(28-30-46(48)51)58-63-55(37-19-8-3-9-20-37)60-56(64-58)40-23-14-22-38(31-40)50-34-39-21-10-13-26-49(39)65-50/h2*1-34,51-52H. The molecule has 6 aliphatic carbocycles. The van der Waals surface area contributed by atoms with Crippen molar-refractivity contribution >= 4 is 42.8 Å². The van der Waals surface area contributed by atoms with Gasteiger partial charge in [-0.15, -0.1) is 22.7 Å². The number of thiophene rings is 2. The van der Waals surface area contributed by atoms with E-state index in [2.05, 4.69) is 255 Å². The van der Waals surface area contributed by atoms with Crippen LogP contribution < -0.4 is 0 Å². The first kappa shape index (κ1) is 76.0. The molecular formula is C116H72N12S2. The molecule has 0 N–H and O–H groups in total. The van der Waals surface area contributed by atoms with Gasteiger partial charge >= 0.3 is 0 Å². The summed E-state index contributed by atoms with van der Waals surface area (Å²) in [5.41, 5.74) is 29.3. The molecule has 608 valence electrons. The summed E-state index contributed by atoms with van der Waals surface area (Å²) in [5, 5.41) is 2.47. The van der Waals surface area contributed by atoms with Gasteiger partial charge in [0.15, 0.2) is 69.9 Å². The van der Waals surface area contributed by atoms with Gasteiger partial charge in [0.2, 0.25) is 0 Å². The minimum absolute atomic E-state index is 0.0249. The van der Waals surface area contributed by atoms with Crippen molar-refractivity contribution in [2.45, 2.75) is 23.7 Å². The van der Waals surface area contributed by atoms with E-state index in [1.807, 2.05) is 158 Å². The van der Waals surface area contributed by atoms with Gasteiger partial charge in [0.1, 0.15) is 0 Å². The molecule has 0 spiro atoms. The Morgan fingerprint density at radius 1 is 0.138 bits per heavy atom. The van der Waals surface area contributed by atoms with Gasteiger partial charge in [-0.05, 0) is 138 Å². The second-order valence-corrected chi connectivity index (χ2v) is 35.4. The molecular weight excluding hydrogens is 1630 g/mol. The number of nitrogens with zero attached hydrogens (tertiary/aromatic N) is 12. The second kappa shape index (κ2) is 31.9. The highest BCUT2D eigenvalue weighted by atomic mass is 32.1. The first-order valence-electron chi connectivity index (χ1n) is 43.7. The van der Waals surface area contributed by atoms with Gasteiger partial charge < -0.3 is 0 Å². The number of fused-ring (bicyclic) bond motifs is 2. The van der Waals surface area contributed by atoms with Crippen molar-refractivity contribution in [2.75, 3.05) is 0 Å². The van der Waals surface area contributed by atoms with E-state index in [9.17, 15) is 0 Å². The Labute approximate surface area is 757 Å². The minimum Gasteiger partial charge on any atom is -0.208 e. The van der Waals surface area contributed by atoms with Crippen molar-refractivity contribution in [3.8, 4) is 158 Å². The zero-order chi connectivity index (χ0) is 85.7. The van der Waals surface area contributed by atoms with E-state index in [4.69, 9.17) is 59.8 Å². The molecule has 4 bridgehead atoms. The molecule has 6 aromatic heterocycles. The molecule has 0 saturated carbocycles. The summed E-state index contributed by atoms with van der Waals surface area (Å²) in [4.78, 5) is 63.9. The van der Waals surface area contributed by atoms with Crippen LogP contribution in [-0.2, 0) is 0 Å². The van der Waals surface area contributed by atoms with E-state index >= 15 is 0 Å². The average Bonchev–Trinajstić information content (AvgIpc) is 1.70. The molecule has 0 radical (unpaired) electrons. The summed E-state index contributed by atoms with van der Waals surface area (Å²) in [6.45, 7) is 0. The molecule has 16 aromatic carbocycles. The van der Waals surface area contributed by atoms with Crippen LogP contribution in [0.3, 0.4) is 0 Å². The molecule has 0 saturated heterocycles. The third kappa shape index (κ3) is 13.6. The minimum atomic E-state index is 0.0249. The van der Waals surface area contributed by atoms with E-state index < -0.39 is 0 Å². The van der Waals surface area contributed by atoms with Crippen molar-refractivity contribution < 1.29 is 0 Å². The molecule has 0 fully saturated rings. The molecule has 22 aromatic rings. The van der Waals surface area contributed by atoms with E-state index in [0.29, 0.717) is 69.9 Å². The van der Waals surface area contributed by atoms with Crippen molar-refractivity contribution in [3.05, 3.63) is 479 Å². The van der Waals surface area contributed by atoms with Crippen LogP contribution in [0.25, 0.3) is 178 Å². The van der Waals surface area contributed by atoms with Crippen LogP contribution >= 0.6 is 22.7 Å². The van der Waals surface area contributed by atoms with Gasteiger partial charge in [0.25, 0.3) is 0 Å². The van der Waals surface area contributed by atoms with E-state index in [-0.39, 0.29) is 23.7 Å². The molecule has 4 atom stereocenters. The lowest BCUT2D eigenvalue weighted by Crippen LogP contribution is -2.27. The van der Waals surface area contributed by atoms with Crippen LogP contribution in [0.2, 0.25) is 0 Å². The number of benzene rings is 16. The average molecular weight is 1700 g/mol. The van der Waals surface area contributed by atoms with E-state index in [1.165, 1.54) is 96.7 Å². The smallest absolute Gasteiger partial charge is 0.164 e. The Morgan fingerprint density at radius 2 is 0.362 bits per heavy atom. The third-order valence-corrected chi connectivity index (χ3v) is 27.8. The molecule has 14 heteroatoms. The van der Waals surface area contributed by atoms with Crippen LogP contribution in [-0.4, -0.2) is 59.8 Å². The van der Waals surface area contributed by atoms with Crippen LogP contribution in [0.1, 0.15) is 90.4 Å². The third-order valence-electron chi connectivity index (χ3n) is 25.5. The zero-order valence-electron chi connectivity index (χ0n) is 69.8. The normalized spacial score (nSPS) is 14.5. The Balaban J connectivity index is 0.000000140. The van der Waals surface area contributed by atoms with Crippen molar-refractivity contribution in [1.82, 2.24) is 59.8 Å². The lowest BCUT2D eigenvalue weighted by molar-refractivity contribution is 0.754. The van der Waals surface area contributed by atoms with Gasteiger partial charge in [-0.3, -0.25) is 0 Å². The maximum absolute atomic E-state index is 5.31. The Bertz CT molecular complexity index is 8020. The van der Waals surface area contributed by atoms with Crippen molar-refractivity contribution in [2.24, 2.45) is 0 Å². The number of hydrogen-bond donors (Lipinski definition) is 0. The molecule has 130 heavy (non-hydrogen) atoms. The fourth-order valence-corrected chi connectivity index (χ4v) is 21.7. The molecule has 0 amide bonds. The number of rotatable bonds is 14. The highest BCUT2D eigenvalue weighted by Crippen LogP contribution is 2.59. The summed E-state index contributed by atoms with van der Waals surface area (Å²) < 4.78 is 2.52. The van der Waals surface area contributed by atoms with Gasteiger partial charge in [-0.25, -0.2) is 59.8 Å². The van der Waals surface area contributed by atoms with Crippen LogP contribution in [0.15, 0.2) is 413 Å². The first-order chi connectivity index (χ1) is 64.4. The SMILES string of the molecule is c1ccc(-c2nc(-c3ccccc3)nc(-c3ccc4c(c3)C3c5ccccc5C4c4cc(-c5nc(-c6ccccc6)nc(-c6cccc(-c7cc8ccccc8s7)c6)n5)ccc43)n2)cc1.c1ccc(-c2nc(-c3ccccc3)nc(-c3ccc4c(c3)C3c5ccccc5C4c4cc(-c5nc(-c6ccccc6)nc(-c6ccccc6-c6cc7ccccc7s6)n5)ccc43)n2)cc1. The highest BCUT2D eigenvalue weighted by molar-refractivity contribution is 7.22. The molecule has 12 nitrogen and oxygen atoms in total. The second-order valence-electron chi connectivity index (χ2n) is 33.2. The van der Waals surface area contributed by atoms with Gasteiger partial charge in [0, 0.05) is 115 Å². The van der Waals surface area contributed by atoms with Crippen LogP contribution in [0.5, 0.6) is 0 Å². The molecule has 6 heterocycles. The van der Waals surface area contributed by atoms with Crippen LogP contribution in [0.4, 0.5) is 0 Å². The van der Waals surface area contributed by atoms with Crippen molar-refractivity contribution in [1.29, 1.82) is 0 Å². The fraction of sp³-hybridized carbons (Fsp3) is 0.0345. The summed E-state index contributed by atoms with van der Waals surface area (Å²) in [5.74, 6) is 7.89. The Hall–Kier alpha value is -16.5. The predicted octanol–water partition coefficient (Wildman–Crippen LogP) is 27.9. The number of hydrogen-bond acceptors (Lipinski definition) is 14. The molecule has 0 aliphatic heterocycles. The first-order valence-corrected chi connectivity index (χ1v) is 45.3. The lowest BCUT2D eigenvalue weighted by Gasteiger charge is -2.42. The Morgan fingerprint density at radius 3 is 0.677 bits per heavy atom. The summed E-state index contributed by atoms with van der Waals surface area (Å²) in [6, 6.07) is 145. The maximum Gasteiger partial charge on any atom is 0.164 e. The van der Waals surface area contributed by atoms with Gasteiger partial charge in [0.05, 0.1) is 0 Å². The lowest BCUT2D eigenvalue weighted by atomic mass is 9.61. The predicted molar refractivity (Wildman–Crippen MR) is 523 cm³/mol. The largest absolute Gasteiger partial charge is 0.208 e. The maximum atomic E-state index is 5.31. The molecule has 6 aliphatic rings. The van der Waals surface area contributed by atoms with E-state index in [1.54, 1.807) is 22.7 Å².